The fraction of sp³-hybridized carbons (Fsp3) is 0.211. The van der Waals surface area contributed by atoms with Crippen LogP contribution in [0.15, 0.2) is 48.8 Å². The number of imidazole rings is 1. The summed E-state index contributed by atoms with van der Waals surface area (Å²) < 4.78 is 1.81. The quantitative estimate of drug-likeness (QED) is 0.770. The Labute approximate surface area is 144 Å². The summed E-state index contributed by atoms with van der Waals surface area (Å²) in [5.41, 5.74) is 3.39. The number of fused-ring (bicyclic) bond motifs is 1. The van der Waals surface area contributed by atoms with Crippen LogP contribution < -0.4 is 10.6 Å². The second-order valence-electron chi connectivity index (χ2n) is 6.37. The van der Waals surface area contributed by atoms with E-state index in [9.17, 15) is 9.59 Å². The first-order valence-electron chi connectivity index (χ1n) is 8.26. The van der Waals surface area contributed by atoms with Crippen molar-refractivity contribution in [1.82, 2.24) is 14.7 Å². The summed E-state index contributed by atoms with van der Waals surface area (Å²) in [6, 6.07) is 11.1. The Morgan fingerprint density at radius 2 is 1.88 bits per heavy atom. The first-order valence-corrected chi connectivity index (χ1v) is 8.26. The van der Waals surface area contributed by atoms with E-state index in [0.29, 0.717) is 23.0 Å². The Bertz CT molecular complexity index is 955. The van der Waals surface area contributed by atoms with Crippen molar-refractivity contribution in [2.24, 2.45) is 0 Å². The summed E-state index contributed by atoms with van der Waals surface area (Å²) in [4.78, 5) is 28.7. The molecule has 25 heavy (non-hydrogen) atoms. The van der Waals surface area contributed by atoms with Crippen molar-refractivity contribution < 1.29 is 9.59 Å². The summed E-state index contributed by atoms with van der Waals surface area (Å²) in [7, 11) is 0. The van der Waals surface area contributed by atoms with Gasteiger partial charge in [0.25, 0.3) is 11.8 Å². The molecule has 1 aromatic carbocycles. The molecule has 0 radical (unpaired) electrons. The highest BCUT2D eigenvalue weighted by atomic mass is 16.2. The Kier molecular flexibility index (Phi) is 3.72. The van der Waals surface area contributed by atoms with E-state index >= 15 is 0 Å². The highest BCUT2D eigenvalue weighted by Crippen LogP contribution is 2.20. The fourth-order valence-electron chi connectivity index (χ4n) is 2.59. The largest absolute Gasteiger partial charge is 0.349 e. The number of nitrogens with one attached hydrogen (secondary N) is 2. The average Bonchev–Trinajstić information content (AvgIpc) is 3.31. The molecule has 1 fully saturated rings. The molecule has 0 atom stereocenters. The van der Waals surface area contributed by atoms with Crippen LogP contribution in [0.2, 0.25) is 0 Å². The average molecular weight is 334 g/mol. The van der Waals surface area contributed by atoms with Gasteiger partial charge in [0.05, 0.1) is 0 Å². The number of anilines is 1. The van der Waals surface area contributed by atoms with Gasteiger partial charge < -0.3 is 15.0 Å². The molecule has 0 spiro atoms. The lowest BCUT2D eigenvalue weighted by molar-refractivity contribution is 0.0950. The molecule has 1 saturated carbocycles. The first kappa shape index (κ1) is 15.4. The van der Waals surface area contributed by atoms with Gasteiger partial charge in [0.2, 0.25) is 0 Å². The molecule has 0 aliphatic heterocycles. The lowest BCUT2D eigenvalue weighted by atomic mass is 10.2. The molecule has 0 unspecified atom stereocenters. The van der Waals surface area contributed by atoms with E-state index in [1.54, 1.807) is 30.5 Å². The number of aryl methyl sites for hydroxylation is 1. The number of aromatic nitrogens is 2. The van der Waals surface area contributed by atoms with Gasteiger partial charge in [-0.05, 0) is 61.7 Å². The number of amides is 2. The number of rotatable bonds is 4. The molecular formula is C19H18N4O2. The van der Waals surface area contributed by atoms with Gasteiger partial charge in [0.1, 0.15) is 11.3 Å². The third kappa shape index (κ3) is 3.38. The van der Waals surface area contributed by atoms with Crippen LogP contribution in [0.1, 0.15) is 39.3 Å². The molecule has 0 saturated heterocycles. The number of carbonyl (C=O) groups is 2. The van der Waals surface area contributed by atoms with Gasteiger partial charge in [0, 0.05) is 29.7 Å². The van der Waals surface area contributed by atoms with Crippen molar-refractivity contribution in [2.45, 2.75) is 25.8 Å². The van der Waals surface area contributed by atoms with Crippen molar-refractivity contribution in [3.05, 3.63) is 65.6 Å². The molecule has 6 nitrogen and oxygen atoms in total. The Hall–Kier alpha value is -3.15. The van der Waals surface area contributed by atoms with Crippen molar-refractivity contribution >= 4 is 23.1 Å². The summed E-state index contributed by atoms with van der Waals surface area (Å²) in [5, 5.41) is 5.74. The van der Waals surface area contributed by atoms with Crippen molar-refractivity contribution in [2.75, 3.05) is 5.32 Å². The molecule has 1 aliphatic carbocycles. The predicted molar refractivity (Wildman–Crippen MR) is 94.8 cm³/mol. The van der Waals surface area contributed by atoms with Crippen LogP contribution in [-0.2, 0) is 0 Å². The van der Waals surface area contributed by atoms with Crippen LogP contribution in [0.3, 0.4) is 0 Å². The van der Waals surface area contributed by atoms with Crippen LogP contribution in [0.4, 0.5) is 5.69 Å². The molecule has 2 N–H and O–H groups in total. The predicted octanol–water partition coefficient (Wildman–Crippen LogP) is 2.79. The van der Waals surface area contributed by atoms with E-state index in [1.807, 2.05) is 29.7 Å². The smallest absolute Gasteiger partial charge is 0.275 e. The molecule has 4 rings (SSSR count). The highest BCUT2D eigenvalue weighted by molar-refractivity contribution is 6.03. The second-order valence-corrected chi connectivity index (χ2v) is 6.37. The van der Waals surface area contributed by atoms with Crippen molar-refractivity contribution in [3.63, 3.8) is 0 Å². The molecule has 6 heteroatoms. The lowest BCUT2D eigenvalue weighted by Crippen LogP contribution is -2.25. The van der Waals surface area contributed by atoms with Gasteiger partial charge in [-0.15, -0.1) is 0 Å². The minimum absolute atomic E-state index is 0.0731. The highest BCUT2D eigenvalue weighted by Gasteiger charge is 2.23. The van der Waals surface area contributed by atoms with Crippen molar-refractivity contribution in [1.29, 1.82) is 0 Å². The molecule has 2 heterocycles. The summed E-state index contributed by atoms with van der Waals surface area (Å²) in [6.45, 7) is 1.98. The molecule has 3 aromatic rings. The Morgan fingerprint density at radius 1 is 1.12 bits per heavy atom. The third-order valence-electron chi connectivity index (χ3n) is 4.17. The summed E-state index contributed by atoms with van der Waals surface area (Å²) in [5.74, 6) is -0.354. The maximum Gasteiger partial charge on any atom is 0.275 e. The van der Waals surface area contributed by atoms with Gasteiger partial charge in [0.15, 0.2) is 0 Å². The molecule has 2 amide bonds. The summed E-state index contributed by atoms with van der Waals surface area (Å²) >= 11 is 0. The van der Waals surface area contributed by atoms with E-state index in [1.165, 1.54) is 0 Å². The number of pyridine rings is 1. The molecule has 126 valence electrons. The fourth-order valence-corrected chi connectivity index (χ4v) is 2.59. The second kappa shape index (κ2) is 6.05. The number of hydrogen-bond donors (Lipinski definition) is 2. The zero-order valence-electron chi connectivity index (χ0n) is 13.8. The van der Waals surface area contributed by atoms with Gasteiger partial charge in [-0.1, -0.05) is 0 Å². The van der Waals surface area contributed by atoms with E-state index in [0.717, 1.165) is 24.1 Å². The maximum absolute atomic E-state index is 12.4. The minimum Gasteiger partial charge on any atom is -0.349 e. The Balaban J connectivity index is 1.46. The van der Waals surface area contributed by atoms with Gasteiger partial charge in [-0.25, -0.2) is 4.98 Å². The van der Waals surface area contributed by atoms with Gasteiger partial charge >= 0.3 is 0 Å². The summed E-state index contributed by atoms with van der Waals surface area (Å²) in [6.07, 6.45) is 5.68. The van der Waals surface area contributed by atoms with E-state index in [-0.39, 0.29) is 11.8 Å². The minimum atomic E-state index is -0.281. The van der Waals surface area contributed by atoms with Crippen LogP contribution >= 0.6 is 0 Å². The zero-order valence-corrected chi connectivity index (χ0v) is 13.8. The van der Waals surface area contributed by atoms with Crippen LogP contribution in [0.25, 0.3) is 5.65 Å². The standard InChI is InChI=1S/C19H18N4O2/c1-12-8-9-23-11-16(22-17(23)10-12)19(25)21-14-4-2-13(3-5-14)18(24)20-15-6-7-15/h2-5,8-11,15H,6-7H2,1H3,(H,20,24)(H,21,25). The molecule has 0 bridgehead atoms. The van der Waals surface area contributed by atoms with E-state index in [4.69, 9.17) is 0 Å². The number of carbonyl (C=O) groups excluding carboxylic acids is 2. The number of benzene rings is 1. The first-order chi connectivity index (χ1) is 12.1. The number of nitrogens with zero attached hydrogens (tertiary/aromatic N) is 2. The van der Waals surface area contributed by atoms with Crippen molar-refractivity contribution in [3.8, 4) is 0 Å². The van der Waals surface area contributed by atoms with Gasteiger partial charge in [-0.3, -0.25) is 9.59 Å². The molecule has 2 aromatic heterocycles. The van der Waals surface area contributed by atoms with Crippen LogP contribution in [0, 0.1) is 6.92 Å². The van der Waals surface area contributed by atoms with E-state index in [2.05, 4.69) is 15.6 Å². The Morgan fingerprint density at radius 3 is 2.60 bits per heavy atom. The van der Waals surface area contributed by atoms with Crippen LogP contribution in [0.5, 0.6) is 0 Å². The van der Waals surface area contributed by atoms with Crippen LogP contribution in [-0.4, -0.2) is 27.2 Å². The topological polar surface area (TPSA) is 75.5 Å². The van der Waals surface area contributed by atoms with Gasteiger partial charge in [-0.2, -0.15) is 0 Å². The zero-order chi connectivity index (χ0) is 17.4. The normalized spacial score (nSPS) is 13.6. The third-order valence-corrected chi connectivity index (χ3v) is 4.17. The monoisotopic (exact) mass is 334 g/mol. The number of hydrogen-bond acceptors (Lipinski definition) is 3. The maximum atomic E-state index is 12.4. The SMILES string of the molecule is Cc1ccn2cc(C(=O)Nc3ccc(C(=O)NC4CC4)cc3)nc2c1. The lowest BCUT2D eigenvalue weighted by Gasteiger charge is -2.06. The molecular weight excluding hydrogens is 316 g/mol. The van der Waals surface area contributed by atoms with E-state index < -0.39 is 0 Å². The molecule has 1 aliphatic rings.